The van der Waals surface area contributed by atoms with Crippen LogP contribution < -0.4 is 4.90 Å². The molecule has 1 saturated heterocycles. The number of amides is 1. The maximum absolute atomic E-state index is 15.2. The first-order valence-corrected chi connectivity index (χ1v) is 11.8. The average molecular weight is 474 g/mol. The monoisotopic (exact) mass is 473 g/mol. The molecule has 0 spiro atoms. The highest BCUT2D eigenvalue weighted by Crippen LogP contribution is 2.37. The van der Waals surface area contributed by atoms with Crippen molar-refractivity contribution < 1.29 is 28.2 Å². The summed E-state index contributed by atoms with van der Waals surface area (Å²) in [6.07, 6.45) is 4.36. The van der Waals surface area contributed by atoms with E-state index in [4.69, 9.17) is 14.2 Å². The molecule has 186 valence electrons. The van der Waals surface area contributed by atoms with Crippen LogP contribution in [0.3, 0.4) is 0 Å². The predicted molar refractivity (Wildman–Crippen MR) is 130 cm³/mol. The SMILES string of the molecule is CC(=O)N(C)c1cc(C)c2c(c1)/C=C/CC1OC(C)(C)OC1C(C)/C(F)=C\[C@@H](C)[C@H](C)OC2=O. The Morgan fingerprint density at radius 3 is 2.50 bits per heavy atom. The van der Waals surface area contributed by atoms with Crippen molar-refractivity contribution >= 4 is 23.6 Å². The molecule has 0 bridgehead atoms. The highest BCUT2D eigenvalue weighted by molar-refractivity contribution is 5.98. The second-order valence-electron chi connectivity index (χ2n) is 9.89. The van der Waals surface area contributed by atoms with E-state index in [1.54, 1.807) is 33.0 Å². The van der Waals surface area contributed by atoms with Gasteiger partial charge in [-0.1, -0.05) is 26.0 Å². The smallest absolute Gasteiger partial charge is 0.339 e. The lowest BCUT2D eigenvalue weighted by Gasteiger charge is -2.25. The number of halogens is 1. The van der Waals surface area contributed by atoms with Gasteiger partial charge in [0.05, 0.1) is 17.8 Å². The standard InChI is InChI=1S/C27H36FNO5/c1-15-13-22(28)17(3)25-23(33-27(6,7)34-25)11-9-10-20-14-21(29(8)19(5)30)12-16(2)24(20)26(31)32-18(15)4/h9-10,12-15,17-18,23,25H,11H2,1-8H3/b10-9+,22-13+/t15-,17?,18+,23?,25?/m1/s1. The lowest BCUT2D eigenvalue weighted by atomic mass is 9.93. The van der Waals surface area contributed by atoms with Crippen molar-refractivity contribution in [2.75, 3.05) is 11.9 Å². The first-order chi connectivity index (χ1) is 15.8. The van der Waals surface area contributed by atoms with Crippen molar-refractivity contribution in [3.8, 4) is 0 Å². The van der Waals surface area contributed by atoms with E-state index in [1.165, 1.54) is 17.9 Å². The minimum Gasteiger partial charge on any atom is -0.458 e. The van der Waals surface area contributed by atoms with Crippen LogP contribution in [0.1, 0.15) is 69.4 Å². The molecule has 2 aliphatic rings. The first-order valence-electron chi connectivity index (χ1n) is 11.8. The average Bonchev–Trinajstić information content (AvgIpc) is 3.05. The van der Waals surface area contributed by atoms with Crippen LogP contribution in [-0.4, -0.2) is 43.0 Å². The molecule has 0 saturated carbocycles. The number of benzene rings is 1. The van der Waals surface area contributed by atoms with Gasteiger partial charge in [0.2, 0.25) is 5.91 Å². The van der Waals surface area contributed by atoms with Crippen LogP contribution in [0.4, 0.5) is 10.1 Å². The number of ether oxygens (including phenoxy) is 3. The minimum absolute atomic E-state index is 0.112. The second-order valence-corrected chi connectivity index (χ2v) is 9.89. The van der Waals surface area contributed by atoms with E-state index in [2.05, 4.69) is 0 Å². The Labute approximate surface area is 201 Å². The number of carbonyl (C=O) groups is 2. The van der Waals surface area contributed by atoms with Crippen LogP contribution >= 0.6 is 0 Å². The molecule has 7 heteroatoms. The molecule has 0 aromatic heterocycles. The summed E-state index contributed by atoms with van der Waals surface area (Å²) in [5.41, 5.74) is 2.44. The second kappa shape index (κ2) is 10.0. The van der Waals surface area contributed by atoms with E-state index in [1.807, 2.05) is 39.8 Å². The van der Waals surface area contributed by atoms with E-state index in [0.717, 1.165) is 0 Å². The highest BCUT2D eigenvalue weighted by atomic mass is 19.1. The Bertz CT molecular complexity index is 1010. The number of hydrogen-bond acceptors (Lipinski definition) is 5. The van der Waals surface area contributed by atoms with Gasteiger partial charge in [-0.25, -0.2) is 9.18 Å². The molecule has 2 heterocycles. The van der Waals surface area contributed by atoms with Gasteiger partial charge in [-0.15, -0.1) is 0 Å². The highest BCUT2D eigenvalue weighted by Gasteiger charge is 2.44. The molecule has 3 unspecified atom stereocenters. The fourth-order valence-corrected chi connectivity index (χ4v) is 4.41. The van der Waals surface area contributed by atoms with E-state index >= 15 is 4.39 Å². The van der Waals surface area contributed by atoms with Gasteiger partial charge >= 0.3 is 5.97 Å². The minimum atomic E-state index is -0.824. The number of rotatable bonds is 1. The van der Waals surface area contributed by atoms with Crippen LogP contribution in [-0.2, 0) is 19.0 Å². The van der Waals surface area contributed by atoms with Gasteiger partial charge in [0.1, 0.15) is 11.9 Å². The molecule has 1 aromatic rings. The lowest BCUT2D eigenvalue weighted by molar-refractivity contribution is -0.149. The van der Waals surface area contributed by atoms with Crippen molar-refractivity contribution in [1.29, 1.82) is 0 Å². The molecular formula is C27H36FNO5. The summed E-state index contributed by atoms with van der Waals surface area (Å²) in [6, 6.07) is 3.59. The van der Waals surface area contributed by atoms with E-state index in [0.29, 0.717) is 28.8 Å². The molecular weight excluding hydrogens is 437 g/mol. The number of carbonyl (C=O) groups excluding carboxylic acids is 2. The zero-order chi connectivity index (χ0) is 25.4. The van der Waals surface area contributed by atoms with Gasteiger partial charge in [-0.05, 0) is 63.5 Å². The summed E-state index contributed by atoms with van der Waals surface area (Å²) < 4.78 is 33.1. The zero-order valence-electron chi connectivity index (χ0n) is 21.3. The number of esters is 1. The number of cyclic esters (lactones) is 1. The molecule has 0 aliphatic carbocycles. The van der Waals surface area contributed by atoms with Crippen molar-refractivity contribution in [1.82, 2.24) is 0 Å². The predicted octanol–water partition coefficient (Wildman–Crippen LogP) is 5.59. The van der Waals surface area contributed by atoms with Gasteiger partial charge in [-0.2, -0.15) is 0 Å². The lowest BCUT2D eigenvalue weighted by Crippen LogP contribution is -2.30. The number of hydrogen-bond donors (Lipinski definition) is 0. The van der Waals surface area contributed by atoms with Crippen LogP contribution in [0, 0.1) is 18.8 Å². The summed E-state index contributed by atoms with van der Waals surface area (Å²) in [6.45, 7) is 12.3. The summed E-state index contributed by atoms with van der Waals surface area (Å²) in [4.78, 5) is 26.7. The number of fused-ring (bicyclic) bond motifs is 2. The Morgan fingerprint density at radius 2 is 1.85 bits per heavy atom. The summed E-state index contributed by atoms with van der Waals surface area (Å²) in [5.74, 6) is -2.58. The summed E-state index contributed by atoms with van der Waals surface area (Å²) in [7, 11) is 1.69. The topological polar surface area (TPSA) is 65.1 Å². The largest absolute Gasteiger partial charge is 0.458 e. The van der Waals surface area contributed by atoms with Gasteiger partial charge < -0.3 is 19.1 Å². The Hall–Kier alpha value is -2.51. The van der Waals surface area contributed by atoms with Crippen LogP contribution in [0.5, 0.6) is 0 Å². The zero-order valence-corrected chi connectivity index (χ0v) is 21.3. The fraction of sp³-hybridized carbons (Fsp3) is 0.556. The van der Waals surface area contributed by atoms with Crippen LogP contribution in [0.15, 0.2) is 30.1 Å². The molecule has 1 amide bonds. The molecule has 2 aliphatic heterocycles. The number of anilines is 1. The quantitative estimate of drug-likeness (QED) is 0.498. The van der Waals surface area contributed by atoms with Crippen LogP contribution in [0.2, 0.25) is 0 Å². The maximum Gasteiger partial charge on any atom is 0.339 e. The Balaban J connectivity index is 2.10. The third kappa shape index (κ3) is 5.58. The van der Waals surface area contributed by atoms with Crippen molar-refractivity contribution in [3.05, 3.63) is 46.8 Å². The maximum atomic E-state index is 15.2. The normalized spacial score (nSPS) is 31.9. The van der Waals surface area contributed by atoms with Crippen molar-refractivity contribution in [2.45, 2.75) is 79.0 Å². The van der Waals surface area contributed by atoms with Crippen molar-refractivity contribution in [3.63, 3.8) is 0 Å². The van der Waals surface area contributed by atoms with E-state index in [9.17, 15) is 9.59 Å². The number of aryl methyl sites for hydroxylation is 1. The Kier molecular flexibility index (Phi) is 7.68. The molecule has 5 atom stereocenters. The third-order valence-electron chi connectivity index (χ3n) is 6.69. The molecule has 0 N–H and O–H groups in total. The molecule has 34 heavy (non-hydrogen) atoms. The van der Waals surface area contributed by atoms with Gasteiger partial charge in [-0.3, -0.25) is 4.79 Å². The molecule has 1 aromatic carbocycles. The molecule has 3 rings (SSSR count). The van der Waals surface area contributed by atoms with E-state index < -0.39 is 29.9 Å². The first kappa shape index (κ1) is 26.1. The molecule has 1 fully saturated rings. The fourth-order valence-electron chi connectivity index (χ4n) is 4.41. The van der Waals surface area contributed by atoms with E-state index in [-0.39, 0.29) is 23.8 Å². The summed E-state index contributed by atoms with van der Waals surface area (Å²) in [5, 5.41) is 0. The van der Waals surface area contributed by atoms with Crippen LogP contribution in [0.25, 0.3) is 6.08 Å². The number of nitrogens with zero attached hydrogens (tertiary/aromatic N) is 1. The van der Waals surface area contributed by atoms with Gasteiger partial charge in [0, 0.05) is 31.5 Å². The van der Waals surface area contributed by atoms with Gasteiger partial charge in [0.25, 0.3) is 0 Å². The van der Waals surface area contributed by atoms with Gasteiger partial charge in [0.15, 0.2) is 5.79 Å². The molecule has 6 nitrogen and oxygen atoms in total. The van der Waals surface area contributed by atoms with Crippen molar-refractivity contribution in [2.24, 2.45) is 11.8 Å². The molecule has 0 radical (unpaired) electrons. The summed E-state index contributed by atoms with van der Waals surface area (Å²) >= 11 is 0. The Morgan fingerprint density at radius 1 is 1.18 bits per heavy atom. The third-order valence-corrected chi connectivity index (χ3v) is 6.69.